The summed E-state index contributed by atoms with van der Waals surface area (Å²) in [7, 11) is -4.57. The SMILES string of the molecule is O=P(O)(O)OC(CO)CO.[LiH].[LiH]. The van der Waals surface area contributed by atoms with E-state index in [4.69, 9.17) is 20.0 Å². The first kappa shape index (κ1) is 18.9. The summed E-state index contributed by atoms with van der Waals surface area (Å²) in [6.07, 6.45) is -1.21. The van der Waals surface area contributed by atoms with Gasteiger partial charge in [0.1, 0.15) is 6.10 Å². The number of aliphatic hydroxyl groups is 2. The second kappa shape index (κ2) is 8.81. The van der Waals surface area contributed by atoms with E-state index in [0.29, 0.717) is 0 Å². The van der Waals surface area contributed by atoms with E-state index >= 15 is 0 Å². The van der Waals surface area contributed by atoms with Gasteiger partial charge in [0, 0.05) is 0 Å². The van der Waals surface area contributed by atoms with Crippen molar-refractivity contribution in [3.05, 3.63) is 0 Å². The van der Waals surface area contributed by atoms with Crippen molar-refractivity contribution < 1.29 is 29.1 Å². The maximum absolute atomic E-state index is 10.0. The molecule has 4 N–H and O–H groups in total. The fraction of sp³-hybridized carbons (Fsp3) is 1.00. The quantitative estimate of drug-likeness (QED) is 0.279. The molecular weight excluding hydrogens is 177 g/mol. The molecule has 0 saturated heterocycles. The average Bonchev–Trinajstić information content (AvgIpc) is 1.81. The van der Waals surface area contributed by atoms with Crippen LogP contribution in [0.15, 0.2) is 0 Å². The molecule has 0 radical (unpaired) electrons. The molecule has 0 aliphatic rings. The average molecular weight is 188 g/mol. The first-order valence-electron chi connectivity index (χ1n) is 2.45. The molecule has 0 atom stereocenters. The Morgan fingerprint density at radius 3 is 1.58 bits per heavy atom. The zero-order valence-electron chi connectivity index (χ0n) is 5.04. The predicted molar refractivity (Wildman–Crippen MR) is 45.4 cm³/mol. The molecule has 12 heavy (non-hydrogen) atoms. The van der Waals surface area contributed by atoms with Gasteiger partial charge in [-0.15, -0.1) is 0 Å². The monoisotopic (exact) mass is 188 g/mol. The van der Waals surface area contributed by atoms with Crippen molar-refractivity contribution in [1.29, 1.82) is 0 Å². The first-order valence-corrected chi connectivity index (χ1v) is 3.98. The van der Waals surface area contributed by atoms with Crippen LogP contribution in [0, 0.1) is 0 Å². The fourth-order valence-corrected chi connectivity index (χ4v) is 0.840. The molecule has 66 valence electrons. The van der Waals surface area contributed by atoms with Gasteiger partial charge in [-0.3, -0.25) is 4.52 Å². The molecular formula is C3H11Li2O6P. The van der Waals surface area contributed by atoms with Crippen molar-refractivity contribution in [2.75, 3.05) is 13.2 Å². The molecule has 0 aliphatic carbocycles. The van der Waals surface area contributed by atoms with Crippen LogP contribution in [0.2, 0.25) is 0 Å². The Morgan fingerprint density at radius 1 is 1.17 bits per heavy atom. The predicted octanol–water partition coefficient (Wildman–Crippen LogP) is -2.85. The van der Waals surface area contributed by atoms with Crippen LogP contribution >= 0.6 is 7.82 Å². The van der Waals surface area contributed by atoms with E-state index in [1.54, 1.807) is 0 Å². The van der Waals surface area contributed by atoms with E-state index in [1.807, 2.05) is 0 Å². The van der Waals surface area contributed by atoms with Gasteiger partial charge >= 0.3 is 45.5 Å². The third-order valence-electron chi connectivity index (χ3n) is 0.694. The molecule has 6 nitrogen and oxygen atoms in total. The Bertz CT molecular complexity index is 133. The van der Waals surface area contributed by atoms with E-state index < -0.39 is 27.1 Å². The molecule has 0 aromatic rings. The van der Waals surface area contributed by atoms with Gasteiger partial charge in [-0.25, -0.2) is 4.57 Å². The zero-order valence-corrected chi connectivity index (χ0v) is 5.94. The van der Waals surface area contributed by atoms with E-state index in [9.17, 15) is 4.57 Å². The second-order valence-electron chi connectivity index (χ2n) is 1.58. The van der Waals surface area contributed by atoms with Crippen molar-refractivity contribution in [3.63, 3.8) is 0 Å². The van der Waals surface area contributed by atoms with Gasteiger partial charge in [-0.1, -0.05) is 0 Å². The van der Waals surface area contributed by atoms with Crippen LogP contribution < -0.4 is 0 Å². The van der Waals surface area contributed by atoms with Crippen molar-refractivity contribution in [2.45, 2.75) is 6.10 Å². The number of hydrogen-bond donors (Lipinski definition) is 4. The molecule has 0 aromatic carbocycles. The van der Waals surface area contributed by atoms with E-state index in [0.717, 1.165) is 0 Å². The summed E-state index contributed by atoms with van der Waals surface area (Å²) in [6.45, 7) is -1.25. The Balaban J connectivity index is -0.000000405. The standard InChI is InChI=1S/C3H9O6P.2Li.2H/c4-1-3(2-5)9-10(6,7)8;;;;/h3-5H,1-2H2,(H2,6,7,8);;;;. The topological polar surface area (TPSA) is 107 Å². The van der Waals surface area contributed by atoms with Gasteiger partial charge in [0.2, 0.25) is 0 Å². The minimum atomic E-state index is -4.57. The number of phosphoric acid groups is 1. The Hall–Kier alpha value is 1.22. The number of hydrogen-bond acceptors (Lipinski definition) is 4. The first-order chi connectivity index (χ1) is 4.49. The van der Waals surface area contributed by atoms with Gasteiger partial charge in [-0.2, -0.15) is 0 Å². The molecule has 0 fully saturated rings. The third-order valence-corrected chi connectivity index (χ3v) is 1.27. The minimum absolute atomic E-state index is 0. The molecule has 0 heterocycles. The third kappa shape index (κ3) is 11.2. The molecule has 0 rings (SSSR count). The van der Waals surface area contributed by atoms with Gasteiger partial charge in [0.05, 0.1) is 13.2 Å². The maximum atomic E-state index is 10.0. The fourth-order valence-electron chi connectivity index (χ4n) is 0.319. The summed E-state index contributed by atoms with van der Waals surface area (Å²) in [6, 6.07) is 0. The van der Waals surface area contributed by atoms with Gasteiger partial charge in [-0.05, 0) is 0 Å². The van der Waals surface area contributed by atoms with E-state index in [1.165, 1.54) is 0 Å². The van der Waals surface area contributed by atoms with E-state index in [-0.39, 0.29) is 37.7 Å². The zero-order chi connectivity index (χ0) is 8.20. The van der Waals surface area contributed by atoms with Gasteiger partial charge < -0.3 is 20.0 Å². The number of phosphoric ester groups is 1. The van der Waals surface area contributed by atoms with Crippen LogP contribution in [0.4, 0.5) is 0 Å². The Kier molecular flexibility index (Phi) is 13.9. The van der Waals surface area contributed by atoms with Gasteiger partial charge in [0.25, 0.3) is 0 Å². The van der Waals surface area contributed by atoms with Gasteiger partial charge in [0.15, 0.2) is 0 Å². The Morgan fingerprint density at radius 2 is 1.50 bits per heavy atom. The van der Waals surface area contributed by atoms with Crippen molar-refractivity contribution in [1.82, 2.24) is 0 Å². The van der Waals surface area contributed by atoms with E-state index in [2.05, 4.69) is 4.52 Å². The number of rotatable bonds is 4. The van der Waals surface area contributed by atoms with Crippen LogP contribution in [-0.4, -0.2) is 77.0 Å². The number of aliphatic hydroxyl groups excluding tert-OH is 2. The molecule has 0 bridgehead atoms. The molecule has 0 aromatic heterocycles. The summed E-state index contributed by atoms with van der Waals surface area (Å²) >= 11 is 0. The Labute approximate surface area is 93.9 Å². The molecule has 0 amide bonds. The summed E-state index contributed by atoms with van der Waals surface area (Å²) in [5.41, 5.74) is 0. The summed E-state index contributed by atoms with van der Waals surface area (Å²) in [5.74, 6) is 0. The van der Waals surface area contributed by atoms with Crippen molar-refractivity contribution in [3.8, 4) is 0 Å². The molecule has 0 aliphatic heterocycles. The van der Waals surface area contributed by atoms with Crippen LogP contribution in [-0.2, 0) is 9.09 Å². The molecule has 0 saturated carbocycles. The molecule has 9 heteroatoms. The van der Waals surface area contributed by atoms with Crippen LogP contribution in [0.1, 0.15) is 0 Å². The summed E-state index contributed by atoms with van der Waals surface area (Å²) in [4.78, 5) is 16.2. The molecule has 0 spiro atoms. The second-order valence-corrected chi connectivity index (χ2v) is 2.78. The molecule has 0 unspecified atom stereocenters. The van der Waals surface area contributed by atoms with Crippen LogP contribution in [0.3, 0.4) is 0 Å². The van der Waals surface area contributed by atoms with Crippen LogP contribution in [0.5, 0.6) is 0 Å². The van der Waals surface area contributed by atoms with Crippen molar-refractivity contribution in [2.24, 2.45) is 0 Å². The van der Waals surface area contributed by atoms with Crippen molar-refractivity contribution >= 4 is 45.5 Å². The van der Waals surface area contributed by atoms with Crippen LogP contribution in [0.25, 0.3) is 0 Å². The summed E-state index contributed by atoms with van der Waals surface area (Å²) < 4.78 is 13.9. The summed E-state index contributed by atoms with van der Waals surface area (Å²) in [5, 5.41) is 16.5. The normalized spacial score (nSPS) is 10.4.